The summed E-state index contributed by atoms with van der Waals surface area (Å²) in [5.74, 6) is -0.842. The van der Waals surface area contributed by atoms with Gasteiger partial charge in [0.15, 0.2) is 0 Å². The molecule has 3 aromatic carbocycles. The number of ether oxygens (including phenoxy) is 1. The number of hydrogen-bond acceptors (Lipinski definition) is 5. The van der Waals surface area contributed by atoms with Crippen molar-refractivity contribution in [1.29, 1.82) is 0 Å². The predicted molar refractivity (Wildman–Crippen MR) is 160 cm³/mol. The predicted octanol–water partition coefficient (Wildman–Crippen LogP) is 5.20. The van der Waals surface area contributed by atoms with E-state index < -0.39 is 34.3 Å². The zero-order valence-electron chi connectivity index (χ0n) is 24.3. The topological polar surface area (TPSA) is 96.0 Å². The highest BCUT2D eigenvalue weighted by Crippen LogP contribution is 2.28. The monoisotopic (exact) mass is 595 g/mol. The maximum Gasteiger partial charge on any atom is 0.264 e. The first-order valence-corrected chi connectivity index (χ1v) is 15.6. The van der Waals surface area contributed by atoms with Gasteiger partial charge in [-0.1, -0.05) is 55.7 Å². The van der Waals surface area contributed by atoms with Crippen LogP contribution >= 0.6 is 0 Å². The molecule has 4 rings (SSSR count). The van der Waals surface area contributed by atoms with E-state index in [2.05, 4.69) is 5.32 Å². The van der Waals surface area contributed by atoms with E-state index in [1.54, 1.807) is 48.5 Å². The van der Waals surface area contributed by atoms with Crippen LogP contribution in [-0.4, -0.2) is 50.9 Å². The molecule has 8 nitrogen and oxygen atoms in total. The summed E-state index contributed by atoms with van der Waals surface area (Å²) in [7, 11) is -2.72. The lowest BCUT2D eigenvalue weighted by molar-refractivity contribution is -0.140. The van der Waals surface area contributed by atoms with Gasteiger partial charge in [-0.2, -0.15) is 0 Å². The van der Waals surface area contributed by atoms with Gasteiger partial charge in [0.25, 0.3) is 10.0 Å². The van der Waals surface area contributed by atoms with Crippen molar-refractivity contribution < 1.29 is 27.1 Å². The number of carbonyl (C=O) groups is 2. The molecule has 0 radical (unpaired) electrons. The van der Waals surface area contributed by atoms with E-state index in [-0.39, 0.29) is 29.1 Å². The molecule has 42 heavy (non-hydrogen) atoms. The Kier molecular flexibility index (Phi) is 10.2. The van der Waals surface area contributed by atoms with Crippen LogP contribution in [0.15, 0.2) is 77.7 Å². The van der Waals surface area contributed by atoms with Crippen LogP contribution in [0.25, 0.3) is 0 Å². The van der Waals surface area contributed by atoms with E-state index in [9.17, 15) is 22.4 Å². The molecule has 1 aliphatic carbocycles. The summed E-state index contributed by atoms with van der Waals surface area (Å²) in [5, 5.41) is 3.08. The third-order valence-electron chi connectivity index (χ3n) is 7.58. The molecule has 1 fully saturated rings. The highest BCUT2D eigenvalue weighted by Gasteiger charge is 2.34. The van der Waals surface area contributed by atoms with Crippen LogP contribution in [0.4, 0.5) is 10.1 Å². The fourth-order valence-corrected chi connectivity index (χ4v) is 6.61. The summed E-state index contributed by atoms with van der Waals surface area (Å²) in [6.07, 6.45) is 4.15. The molecular weight excluding hydrogens is 557 g/mol. The molecule has 10 heteroatoms. The van der Waals surface area contributed by atoms with Gasteiger partial charge in [0, 0.05) is 18.7 Å². The van der Waals surface area contributed by atoms with Gasteiger partial charge >= 0.3 is 0 Å². The van der Waals surface area contributed by atoms with Gasteiger partial charge in [-0.25, -0.2) is 12.8 Å². The van der Waals surface area contributed by atoms with Gasteiger partial charge in [0.1, 0.15) is 24.2 Å². The second kappa shape index (κ2) is 13.8. The number of nitrogens with zero attached hydrogens (tertiary/aromatic N) is 2. The molecule has 1 saturated carbocycles. The molecule has 0 unspecified atom stereocenters. The first-order valence-electron chi connectivity index (χ1n) is 14.2. The van der Waals surface area contributed by atoms with Crippen molar-refractivity contribution in [2.24, 2.45) is 0 Å². The molecule has 0 spiro atoms. The Labute approximate surface area is 247 Å². The zero-order valence-corrected chi connectivity index (χ0v) is 25.1. The van der Waals surface area contributed by atoms with Crippen molar-refractivity contribution in [3.63, 3.8) is 0 Å². The number of methoxy groups -OCH3 is 1. The van der Waals surface area contributed by atoms with Crippen molar-refractivity contribution in [1.82, 2.24) is 10.2 Å². The first-order chi connectivity index (χ1) is 20.1. The van der Waals surface area contributed by atoms with Gasteiger partial charge in [0.05, 0.1) is 17.7 Å². The van der Waals surface area contributed by atoms with Crippen LogP contribution < -0.4 is 14.4 Å². The number of halogens is 1. The molecule has 0 aliphatic heterocycles. The molecule has 1 atom stereocenters. The van der Waals surface area contributed by atoms with Gasteiger partial charge in [-0.05, 0) is 68.1 Å². The average molecular weight is 596 g/mol. The first kappa shape index (κ1) is 31.0. The van der Waals surface area contributed by atoms with E-state index >= 15 is 0 Å². The summed E-state index contributed by atoms with van der Waals surface area (Å²) in [4.78, 5) is 29.1. The smallest absolute Gasteiger partial charge is 0.264 e. The molecule has 3 aromatic rings. The Morgan fingerprint density at radius 2 is 1.69 bits per heavy atom. The second-order valence-corrected chi connectivity index (χ2v) is 12.5. The molecule has 0 saturated heterocycles. The molecule has 0 aromatic heterocycles. The molecule has 1 N–H and O–H groups in total. The van der Waals surface area contributed by atoms with Crippen LogP contribution in [0.5, 0.6) is 5.75 Å². The number of anilines is 1. The Morgan fingerprint density at radius 1 is 1.02 bits per heavy atom. The summed E-state index contributed by atoms with van der Waals surface area (Å²) in [5.41, 5.74) is 1.75. The summed E-state index contributed by atoms with van der Waals surface area (Å²) in [6.45, 7) is 3.12. The highest BCUT2D eigenvalue weighted by molar-refractivity contribution is 7.92. The Morgan fingerprint density at radius 3 is 2.31 bits per heavy atom. The fraction of sp³-hybridized carbons (Fsp3) is 0.375. The normalized spacial score (nSPS) is 14.3. The second-order valence-electron chi connectivity index (χ2n) is 10.6. The molecule has 0 heterocycles. The van der Waals surface area contributed by atoms with Crippen molar-refractivity contribution in [2.75, 3.05) is 18.0 Å². The minimum absolute atomic E-state index is 0.00619. The standard InChI is InChI=1S/C32H38FN3O5S/c1-4-30(32(38)34-26-8-5-6-9-26)35(21-24-14-16-25(33)17-15-24)31(37)22-36(27-10-7-11-28(20-27)41-3)42(39,40)29-18-12-23(2)13-19-29/h7,10-20,26,30H,4-6,8-9,21-22H2,1-3H3,(H,34,38)/t30-/m1/s1. The molecule has 2 amide bonds. The largest absolute Gasteiger partial charge is 0.497 e. The molecule has 1 aliphatic rings. The van der Waals surface area contributed by atoms with Crippen LogP contribution in [0.2, 0.25) is 0 Å². The lowest BCUT2D eigenvalue weighted by Crippen LogP contribution is -2.53. The fourth-order valence-electron chi connectivity index (χ4n) is 5.21. The Hall–Kier alpha value is -3.92. The number of hydrogen-bond donors (Lipinski definition) is 1. The van der Waals surface area contributed by atoms with Crippen LogP contribution in [0.3, 0.4) is 0 Å². The summed E-state index contributed by atoms with van der Waals surface area (Å²) < 4.78 is 48.0. The van der Waals surface area contributed by atoms with E-state index in [1.807, 2.05) is 13.8 Å². The van der Waals surface area contributed by atoms with E-state index in [0.29, 0.717) is 17.7 Å². The van der Waals surface area contributed by atoms with Crippen LogP contribution in [0.1, 0.15) is 50.2 Å². The number of carbonyl (C=O) groups excluding carboxylic acids is 2. The minimum atomic E-state index is -4.19. The lowest BCUT2D eigenvalue weighted by Gasteiger charge is -2.33. The lowest BCUT2D eigenvalue weighted by atomic mass is 10.1. The Bertz CT molecular complexity index is 1470. The van der Waals surface area contributed by atoms with Crippen molar-refractivity contribution in [2.45, 2.75) is 69.5 Å². The maximum atomic E-state index is 14.2. The van der Waals surface area contributed by atoms with Crippen LogP contribution in [-0.2, 0) is 26.2 Å². The SMILES string of the molecule is CC[C@H](C(=O)NC1CCCC1)N(Cc1ccc(F)cc1)C(=O)CN(c1cccc(OC)c1)S(=O)(=O)c1ccc(C)cc1. The number of amides is 2. The number of rotatable bonds is 12. The van der Waals surface area contributed by atoms with Crippen molar-refractivity contribution in [3.05, 3.63) is 89.7 Å². The van der Waals surface area contributed by atoms with Crippen molar-refractivity contribution in [3.8, 4) is 5.75 Å². The van der Waals surface area contributed by atoms with Crippen LogP contribution in [0, 0.1) is 12.7 Å². The van der Waals surface area contributed by atoms with Gasteiger partial charge < -0.3 is 15.0 Å². The number of benzene rings is 3. The molecule has 0 bridgehead atoms. The number of aryl methyl sites for hydroxylation is 1. The number of nitrogens with one attached hydrogen (secondary N) is 1. The third kappa shape index (κ3) is 7.47. The van der Waals surface area contributed by atoms with Gasteiger partial charge in [0.2, 0.25) is 11.8 Å². The van der Waals surface area contributed by atoms with E-state index in [0.717, 1.165) is 35.6 Å². The minimum Gasteiger partial charge on any atom is -0.497 e. The third-order valence-corrected chi connectivity index (χ3v) is 9.37. The van der Waals surface area contributed by atoms with Crippen molar-refractivity contribution >= 4 is 27.5 Å². The van der Waals surface area contributed by atoms with E-state index in [4.69, 9.17) is 4.74 Å². The highest BCUT2D eigenvalue weighted by atomic mass is 32.2. The molecule has 224 valence electrons. The maximum absolute atomic E-state index is 14.2. The average Bonchev–Trinajstić information content (AvgIpc) is 3.50. The van der Waals surface area contributed by atoms with Gasteiger partial charge in [-0.15, -0.1) is 0 Å². The quantitative estimate of drug-likeness (QED) is 0.310. The number of sulfonamides is 1. The van der Waals surface area contributed by atoms with Gasteiger partial charge in [-0.3, -0.25) is 13.9 Å². The Balaban J connectivity index is 1.72. The summed E-state index contributed by atoms with van der Waals surface area (Å²) in [6, 6.07) is 17.8. The zero-order chi connectivity index (χ0) is 30.3. The summed E-state index contributed by atoms with van der Waals surface area (Å²) >= 11 is 0. The molecular formula is C32H38FN3O5S. The van der Waals surface area contributed by atoms with E-state index in [1.165, 1.54) is 36.3 Å².